The molecule has 23 heavy (non-hydrogen) atoms. The predicted octanol–water partition coefficient (Wildman–Crippen LogP) is 3.14. The van der Waals surface area contributed by atoms with Crippen molar-refractivity contribution in [3.63, 3.8) is 0 Å². The number of aromatic nitrogens is 3. The second kappa shape index (κ2) is 7.24. The summed E-state index contributed by atoms with van der Waals surface area (Å²) in [5.74, 6) is 0.873. The molecule has 0 atom stereocenters. The van der Waals surface area contributed by atoms with E-state index in [0.29, 0.717) is 6.61 Å². The van der Waals surface area contributed by atoms with E-state index >= 15 is 0 Å². The van der Waals surface area contributed by atoms with Crippen LogP contribution in [0.2, 0.25) is 0 Å². The van der Waals surface area contributed by atoms with Crippen LogP contribution in [0.25, 0.3) is 16.7 Å². The smallest absolute Gasteiger partial charge is 0.119 e. The highest BCUT2D eigenvalue weighted by atomic mass is 16.5. The van der Waals surface area contributed by atoms with Crippen LogP contribution < -0.4 is 4.74 Å². The molecule has 2 aromatic carbocycles. The van der Waals surface area contributed by atoms with Gasteiger partial charge in [0.15, 0.2) is 0 Å². The molecule has 5 nitrogen and oxygen atoms in total. The van der Waals surface area contributed by atoms with E-state index < -0.39 is 0 Å². The predicted molar refractivity (Wildman–Crippen MR) is 92.1 cm³/mol. The summed E-state index contributed by atoms with van der Waals surface area (Å²) in [7, 11) is 0. The molecule has 5 heteroatoms. The standard InChI is InChI=1S/C18H22N4O/c1-3-21(4-2)13-14-23-16-11-9-15(10-12-16)22-19-17-7-5-6-8-18(17)20-22/h5-12H,3-4,13-14H2,1-2H3. The highest BCUT2D eigenvalue weighted by Crippen LogP contribution is 2.16. The molecule has 0 saturated heterocycles. The van der Waals surface area contributed by atoms with Crippen LogP contribution in [-0.2, 0) is 0 Å². The van der Waals surface area contributed by atoms with Crippen molar-refractivity contribution in [2.45, 2.75) is 13.8 Å². The lowest BCUT2D eigenvalue weighted by Crippen LogP contribution is -2.27. The van der Waals surface area contributed by atoms with Crippen LogP contribution in [0.15, 0.2) is 48.5 Å². The van der Waals surface area contributed by atoms with Gasteiger partial charge in [0.2, 0.25) is 0 Å². The van der Waals surface area contributed by atoms with Crippen LogP contribution >= 0.6 is 0 Å². The zero-order valence-corrected chi connectivity index (χ0v) is 13.6. The van der Waals surface area contributed by atoms with Crippen molar-refractivity contribution >= 4 is 11.0 Å². The molecule has 0 spiro atoms. The molecule has 3 aromatic rings. The molecule has 1 heterocycles. The van der Waals surface area contributed by atoms with Gasteiger partial charge in [-0.2, -0.15) is 4.80 Å². The summed E-state index contributed by atoms with van der Waals surface area (Å²) in [6.07, 6.45) is 0. The fourth-order valence-corrected chi connectivity index (χ4v) is 2.48. The Hall–Kier alpha value is -2.40. The number of hydrogen-bond acceptors (Lipinski definition) is 4. The van der Waals surface area contributed by atoms with Crippen molar-refractivity contribution in [2.24, 2.45) is 0 Å². The average molecular weight is 310 g/mol. The molecule has 0 bridgehead atoms. The number of fused-ring (bicyclic) bond motifs is 1. The number of likely N-dealkylation sites (N-methyl/N-ethyl adjacent to an activating group) is 1. The lowest BCUT2D eigenvalue weighted by atomic mass is 10.3. The van der Waals surface area contributed by atoms with E-state index in [1.807, 2.05) is 48.5 Å². The van der Waals surface area contributed by atoms with Crippen LogP contribution in [0.1, 0.15) is 13.8 Å². The summed E-state index contributed by atoms with van der Waals surface area (Å²) < 4.78 is 5.80. The zero-order valence-electron chi connectivity index (χ0n) is 13.6. The van der Waals surface area contributed by atoms with Crippen LogP contribution in [-0.4, -0.2) is 46.1 Å². The minimum atomic E-state index is 0.699. The van der Waals surface area contributed by atoms with Gasteiger partial charge in [-0.15, -0.1) is 10.2 Å². The number of benzene rings is 2. The first-order valence-electron chi connectivity index (χ1n) is 8.08. The Balaban J connectivity index is 1.65. The van der Waals surface area contributed by atoms with Crippen molar-refractivity contribution in [1.82, 2.24) is 19.9 Å². The molecule has 0 amide bonds. The van der Waals surface area contributed by atoms with Gasteiger partial charge in [0.1, 0.15) is 23.4 Å². The van der Waals surface area contributed by atoms with E-state index in [1.165, 1.54) is 0 Å². The summed E-state index contributed by atoms with van der Waals surface area (Å²) in [6.45, 7) is 8.08. The van der Waals surface area contributed by atoms with Gasteiger partial charge >= 0.3 is 0 Å². The molecule has 0 radical (unpaired) electrons. The SMILES string of the molecule is CCN(CC)CCOc1ccc(-n2nc3ccccc3n2)cc1. The van der Waals surface area contributed by atoms with Crippen molar-refractivity contribution < 1.29 is 4.74 Å². The summed E-state index contributed by atoms with van der Waals surface area (Å²) in [6, 6.07) is 15.7. The van der Waals surface area contributed by atoms with E-state index in [9.17, 15) is 0 Å². The normalized spacial score (nSPS) is 11.3. The van der Waals surface area contributed by atoms with E-state index in [2.05, 4.69) is 28.9 Å². The first-order valence-corrected chi connectivity index (χ1v) is 8.08. The molecule has 3 rings (SSSR count). The van der Waals surface area contributed by atoms with Gasteiger partial charge < -0.3 is 9.64 Å². The number of ether oxygens (including phenoxy) is 1. The molecule has 1 aromatic heterocycles. The largest absolute Gasteiger partial charge is 0.492 e. The minimum Gasteiger partial charge on any atom is -0.492 e. The average Bonchev–Trinajstić information content (AvgIpc) is 3.03. The quantitative estimate of drug-likeness (QED) is 0.672. The molecular weight excluding hydrogens is 288 g/mol. The monoisotopic (exact) mass is 310 g/mol. The van der Waals surface area contributed by atoms with Gasteiger partial charge in [-0.25, -0.2) is 0 Å². The third kappa shape index (κ3) is 3.68. The first kappa shape index (κ1) is 15.5. The van der Waals surface area contributed by atoms with Crippen LogP contribution in [0, 0.1) is 0 Å². The second-order valence-electron chi connectivity index (χ2n) is 5.35. The molecule has 0 unspecified atom stereocenters. The Bertz CT molecular complexity index is 714. The fraction of sp³-hybridized carbons (Fsp3) is 0.333. The Morgan fingerprint density at radius 1 is 0.913 bits per heavy atom. The number of nitrogens with zero attached hydrogens (tertiary/aromatic N) is 4. The lowest BCUT2D eigenvalue weighted by molar-refractivity contribution is 0.223. The Morgan fingerprint density at radius 3 is 2.09 bits per heavy atom. The van der Waals surface area contributed by atoms with Gasteiger partial charge in [-0.3, -0.25) is 0 Å². The van der Waals surface area contributed by atoms with Gasteiger partial charge in [0.05, 0.1) is 5.69 Å². The molecule has 120 valence electrons. The van der Waals surface area contributed by atoms with Gasteiger partial charge in [0, 0.05) is 6.54 Å². The van der Waals surface area contributed by atoms with Crippen LogP contribution in [0.5, 0.6) is 5.75 Å². The molecule has 0 aliphatic rings. The van der Waals surface area contributed by atoms with Crippen molar-refractivity contribution in [1.29, 1.82) is 0 Å². The zero-order chi connectivity index (χ0) is 16.1. The first-order chi connectivity index (χ1) is 11.3. The maximum absolute atomic E-state index is 5.80. The molecule has 0 aliphatic carbocycles. The van der Waals surface area contributed by atoms with E-state index in [1.54, 1.807) is 4.80 Å². The maximum atomic E-state index is 5.80. The maximum Gasteiger partial charge on any atom is 0.119 e. The van der Waals surface area contributed by atoms with Gasteiger partial charge in [-0.05, 0) is 49.5 Å². The van der Waals surface area contributed by atoms with Gasteiger partial charge in [0.25, 0.3) is 0 Å². The number of hydrogen-bond donors (Lipinski definition) is 0. The third-order valence-electron chi connectivity index (χ3n) is 3.92. The Kier molecular flexibility index (Phi) is 4.88. The molecule has 0 aliphatic heterocycles. The van der Waals surface area contributed by atoms with E-state index in [0.717, 1.165) is 42.1 Å². The van der Waals surface area contributed by atoms with Gasteiger partial charge in [-0.1, -0.05) is 26.0 Å². The highest BCUT2D eigenvalue weighted by Gasteiger charge is 2.04. The van der Waals surface area contributed by atoms with E-state index in [-0.39, 0.29) is 0 Å². The summed E-state index contributed by atoms with van der Waals surface area (Å²) in [5, 5.41) is 8.96. The van der Waals surface area contributed by atoms with Crippen molar-refractivity contribution in [3.05, 3.63) is 48.5 Å². The second-order valence-corrected chi connectivity index (χ2v) is 5.35. The molecule has 0 N–H and O–H groups in total. The third-order valence-corrected chi connectivity index (χ3v) is 3.92. The van der Waals surface area contributed by atoms with Crippen LogP contribution in [0.4, 0.5) is 0 Å². The molecule has 0 fully saturated rings. The molecular formula is C18H22N4O. The Morgan fingerprint density at radius 2 is 1.52 bits per heavy atom. The fourth-order valence-electron chi connectivity index (χ4n) is 2.48. The Labute approximate surface area is 136 Å². The van der Waals surface area contributed by atoms with Crippen molar-refractivity contribution in [3.8, 4) is 11.4 Å². The highest BCUT2D eigenvalue weighted by molar-refractivity contribution is 5.73. The number of rotatable bonds is 7. The van der Waals surface area contributed by atoms with E-state index in [4.69, 9.17) is 4.74 Å². The minimum absolute atomic E-state index is 0.699. The molecule has 0 saturated carbocycles. The lowest BCUT2D eigenvalue weighted by Gasteiger charge is -2.18. The summed E-state index contributed by atoms with van der Waals surface area (Å²) in [4.78, 5) is 4.00. The van der Waals surface area contributed by atoms with Crippen molar-refractivity contribution in [2.75, 3.05) is 26.2 Å². The summed E-state index contributed by atoms with van der Waals surface area (Å²) in [5.41, 5.74) is 2.72. The van der Waals surface area contributed by atoms with Crippen LogP contribution in [0.3, 0.4) is 0 Å². The summed E-state index contributed by atoms with van der Waals surface area (Å²) >= 11 is 0. The topological polar surface area (TPSA) is 43.2 Å².